The third-order valence-electron chi connectivity index (χ3n) is 4.41. The fourth-order valence-corrected chi connectivity index (χ4v) is 2.92. The van der Waals surface area contributed by atoms with Gasteiger partial charge in [-0.25, -0.2) is 0 Å². The molecule has 0 bridgehead atoms. The Bertz CT molecular complexity index is 511. The van der Waals surface area contributed by atoms with Crippen molar-refractivity contribution in [3.8, 4) is 0 Å². The summed E-state index contributed by atoms with van der Waals surface area (Å²) in [5.74, 6) is 0.0203. The highest BCUT2D eigenvalue weighted by atomic mass is 16.5. The molecule has 0 aliphatic heterocycles. The molecule has 2 rings (SSSR count). The molecule has 1 fully saturated rings. The summed E-state index contributed by atoms with van der Waals surface area (Å²) >= 11 is 0. The first kappa shape index (κ1) is 15.7. The average Bonchev–Trinajstić information content (AvgIpc) is 2.49. The third kappa shape index (κ3) is 3.32. The SMILES string of the molecule is CCO[C@H]1C[C@@H](N(C)C(=O)/C=C/c2cccnc2)C1(C)C. The lowest BCUT2D eigenvalue weighted by atomic mass is 9.64. The van der Waals surface area contributed by atoms with E-state index in [0.29, 0.717) is 0 Å². The molecule has 1 aromatic heterocycles. The van der Waals surface area contributed by atoms with Crippen molar-refractivity contribution >= 4 is 12.0 Å². The zero-order valence-electron chi connectivity index (χ0n) is 13.2. The smallest absolute Gasteiger partial charge is 0.246 e. The highest BCUT2D eigenvalue weighted by Crippen LogP contribution is 2.45. The molecule has 2 atom stereocenters. The Morgan fingerprint density at radius 2 is 2.33 bits per heavy atom. The number of amides is 1. The molecule has 1 aromatic rings. The maximum Gasteiger partial charge on any atom is 0.246 e. The second-order valence-corrected chi connectivity index (χ2v) is 6.09. The van der Waals surface area contributed by atoms with E-state index in [1.54, 1.807) is 24.5 Å². The summed E-state index contributed by atoms with van der Waals surface area (Å²) < 4.78 is 5.72. The molecule has 0 N–H and O–H groups in total. The Kier molecular flexibility index (Phi) is 4.78. The van der Waals surface area contributed by atoms with Gasteiger partial charge in [0.2, 0.25) is 5.91 Å². The fourth-order valence-electron chi connectivity index (χ4n) is 2.92. The molecule has 1 saturated carbocycles. The van der Waals surface area contributed by atoms with Crippen LogP contribution in [0.4, 0.5) is 0 Å². The topological polar surface area (TPSA) is 42.4 Å². The van der Waals surface area contributed by atoms with Gasteiger partial charge in [-0.2, -0.15) is 0 Å². The van der Waals surface area contributed by atoms with Gasteiger partial charge in [0, 0.05) is 43.6 Å². The number of likely N-dealkylation sites (N-methyl/N-ethyl adjacent to an activating group) is 1. The molecule has 1 aliphatic carbocycles. The standard InChI is InChI=1S/C17H24N2O2/c1-5-21-15-11-14(17(15,2)3)19(4)16(20)9-8-13-7-6-10-18-12-13/h6-10,12,14-15H,5,11H2,1-4H3/b9-8+/t14-,15+/m1/s1. The van der Waals surface area contributed by atoms with Crippen molar-refractivity contribution in [2.24, 2.45) is 5.41 Å². The first-order valence-corrected chi connectivity index (χ1v) is 7.43. The van der Waals surface area contributed by atoms with Crippen LogP contribution >= 0.6 is 0 Å². The zero-order valence-corrected chi connectivity index (χ0v) is 13.2. The number of carbonyl (C=O) groups is 1. The van der Waals surface area contributed by atoms with Crippen LogP contribution in [0.1, 0.15) is 32.8 Å². The normalized spacial score (nSPS) is 23.8. The number of ether oxygens (including phenoxy) is 1. The van der Waals surface area contributed by atoms with Gasteiger partial charge in [0.05, 0.1) is 6.10 Å². The lowest BCUT2D eigenvalue weighted by Crippen LogP contribution is -2.62. The summed E-state index contributed by atoms with van der Waals surface area (Å²) in [6, 6.07) is 4.00. The van der Waals surface area contributed by atoms with Gasteiger partial charge >= 0.3 is 0 Å². The number of hydrogen-bond acceptors (Lipinski definition) is 3. The highest BCUT2D eigenvalue weighted by Gasteiger charge is 2.51. The minimum Gasteiger partial charge on any atom is -0.378 e. The van der Waals surface area contributed by atoms with E-state index >= 15 is 0 Å². The van der Waals surface area contributed by atoms with Crippen LogP contribution in [0.3, 0.4) is 0 Å². The van der Waals surface area contributed by atoms with E-state index in [4.69, 9.17) is 4.74 Å². The monoisotopic (exact) mass is 288 g/mol. The lowest BCUT2D eigenvalue weighted by molar-refractivity contribution is -0.159. The van der Waals surface area contributed by atoms with Crippen molar-refractivity contribution in [3.05, 3.63) is 36.2 Å². The number of nitrogens with zero attached hydrogens (tertiary/aromatic N) is 2. The molecule has 1 heterocycles. The number of rotatable bonds is 5. The minimum atomic E-state index is 0.00254. The van der Waals surface area contributed by atoms with E-state index in [1.165, 1.54) is 0 Å². The molecule has 1 amide bonds. The highest BCUT2D eigenvalue weighted by molar-refractivity contribution is 5.91. The first-order chi connectivity index (χ1) is 9.96. The molecule has 21 heavy (non-hydrogen) atoms. The van der Waals surface area contributed by atoms with E-state index in [1.807, 2.05) is 31.0 Å². The van der Waals surface area contributed by atoms with E-state index in [2.05, 4.69) is 18.8 Å². The number of pyridine rings is 1. The Morgan fingerprint density at radius 3 is 2.90 bits per heavy atom. The van der Waals surface area contributed by atoms with E-state index in [0.717, 1.165) is 18.6 Å². The minimum absolute atomic E-state index is 0.00254. The Hall–Kier alpha value is -1.68. The van der Waals surface area contributed by atoms with Gasteiger partial charge in [-0.05, 0) is 31.1 Å². The number of aromatic nitrogens is 1. The number of carbonyl (C=O) groups excluding carboxylic acids is 1. The molecule has 0 radical (unpaired) electrons. The Balaban J connectivity index is 1.96. The molecule has 1 aliphatic rings. The quantitative estimate of drug-likeness (QED) is 0.782. The lowest BCUT2D eigenvalue weighted by Gasteiger charge is -2.54. The molecule has 0 aromatic carbocycles. The van der Waals surface area contributed by atoms with Crippen molar-refractivity contribution in [1.29, 1.82) is 0 Å². The molecule has 0 unspecified atom stereocenters. The van der Waals surface area contributed by atoms with Gasteiger partial charge in [0.25, 0.3) is 0 Å². The Morgan fingerprint density at radius 1 is 1.57 bits per heavy atom. The average molecular weight is 288 g/mol. The first-order valence-electron chi connectivity index (χ1n) is 7.43. The molecular weight excluding hydrogens is 264 g/mol. The van der Waals surface area contributed by atoms with Crippen molar-refractivity contribution < 1.29 is 9.53 Å². The van der Waals surface area contributed by atoms with Gasteiger partial charge in [-0.3, -0.25) is 9.78 Å². The summed E-state index contributed by atoms with van der Waals surface area (Å²) in [5, 5.41) is 0. The second kappa shape index (κ2) is 6.39. The van der Waals surface area contributed by atoms with Gasteiger partial charge < -0.3 is 9.64 Å². The predicted molar refractivity (Wildman–Crippen MR) is 83.6 cm³/mol. The van der Waals surface area contributed by atoms with Crippen molar-refractivity contribution in [2.75, 3.05) is 13.7 Å². The predicted octanol–water partition coefficient (Wildman–Crippen LogP) is 2.76. The maximum absolute atomic E-state index is 12.3. The molecule has 4 heteroatoms. The largest absolute Gasteiger partial charge is 0.378 e. The van der Waals surface area contributed by atoms with Gasteiger partial charge in [0.15, 0.2) is 0 Å². The molecular formula is C17H24N2O2. The van der Waals surface area contributed by atoms with E-state index in [-0.39, 0.29) is 23.5 Å². The third-order valence-corrected chi connectivity index (χ3v) is 4.41. The van der Waals surface area contributed by atoms with Crippen LogP contribution in [0.15, 0.2) is 30.6 Å². The van der Waals surface area contributed by atoms with Crippen molar-refractivity contribution in [1.82, 2.24) is 9.88 Å². The molecule has 4 nitrogen and oxygen atoms in total. The molecule has 0 spiro atoms. The number of hydrogen-bond donors (Lipinski definition) is 0. The van der Waals surface area contributed by atoms with Gasteiger partial charge in [-0.15, -0.1) is 0 Å². The summed E-state index contributed by atoms with van der Waals surface area (Å²) in [5.41, 5.74) is 0.932. The van der Waals surface area contributed by atoms with Crippen LogP contribution in [-0.2, 0) is 9.53 Å². The summed E-state index contributed by atoms with van der Waals surface area (Å²) in [4.78, 5) is 18.1. The van der Waals surface area contributed by atoms with Crippen LogP contribution in [0, 0.1) is 5.41 Å². The second-order valence-electron chi connectivity index (χ2n) is 6.09. The Labute approximate surface area is 126 Å². The van der Waals surface area contributed by atoms with Crippen molar-refractivity contribution in [3.63, 3.8) is 0 Å². The fraction of sp³-hybridized carbons (Fsp3) is 0.529. The van der Waals surface area contributed by atoms with Gasteiger partial charge in [-0.1, -0.05) is 19.9 Å². The van der Waals surface area contributed by atoms with E-state index in [9.17, 15) is 4.79 Å². The zero-order chi connectivity index (χ0) is 15.5. The van der Waals surface area contributed by atoms with Crippen LogP contribution in [-0.4, -0.2) is 41.6 Å². The van der Waals surface area contributed by atoms with Crippen LogP contribution in [0.2, 0.25) is 0 Å². The van der Waals surface area contributed by atoms with Crippen LogP contribution < -0.4 is 0 Å². The summed E-state index contributed by atoms with van der Waals surface area (Å²) in [6.07, 6.45) is 8.02. The van der Waals surface area contributed by atoms with Gasteiger partial charge in [0.1, 0.15) is 0 Å². The van der Waals surface area contributed by atoms with Crippen LogP contribution in [0.25, 0.3) is 6.08 Å². The molecule has 114 valence electrons. The van der Waals surface area contributed by atoms with E-state index < -0.39 is 0 Å². The van der Waals surface area contributed by atoms with Crippen molar-refractivity contribution in [2.45, 2.75) is 39.3 Å². The summed E-state index contributed by atoms with van der Waals surface area (Å²) in [7, 11) is 1.87. The maximum atomic E-state index is 12.3. The summed E-state index contributed by atoms with van der Waals surface area (Å²) in [6.45, 7) is 7.06. The molecule has 0 saturated heterocycles. The van der Waals surface area contributed by atoms with Crippen LogP contribution in [0.5, 0.6) is 0 Å².